The third kappa shape index (κ3) is 3.49. The Morgan fingerprint density at radius 1 is 1.20 bits per heavy atom. The van der Waals surface area contributed by atoms with Gasteiger partial charge in [-0.15, -0.1) is 0 Å². The molecule has 0 aliphatic carbocycles. The quantitative estimate of drug-likeness (QED) is 0.399. The van der Waals surface area contributed by atoms with Crippen molar-refractivity contribution in [3.8, 4) is 0 Å². The van der Waals surface area contributed by atoms with Gasteiger partial charge in [-0.05, 0) is 19.3 Å². The molecule has 0 aromatic rings. The van der Waals surface area contributed by atoms with Crippen LogP contribution < -0.4 is 0 Å². The maximum Gasteiger partial charge on any atom is 0.313 e. The molecule has 0 aromatic carbocycles. The summed E-state index contributed by atoms with van der Waals surface area (Å²) in [4.78, 5) is 33.6. The third-order valence-electron chi connectivity index (χ3n) is 3.83. The van der Waals surface area contributed by atoms with E-state index in [9.17, 15) is 14.4 Å². The average Bonchev–Trinajstić information content (AvgIpc) is 2.93. The van der Waals surface area contributed by atoms with Gasteiger partial charge in [0.15, 0.2) is 6.10 Å². The normalized spacial score (nSPS) is 27.9. The Morgan fingerprint density at radius 3 is 2.70 bits per heavy atom. The lowest BCUT2D eigenvalue weighted by Gasteiger charge is -2.15. The van der Waals surface area contributed by atoms with Crippen LogP contribution >= 0.6 is 0 Å². The van der Waals surface area contributed by atoms with E-state index in [2.05, 4.69) is 4.74 Å². The first kappa shape index (κ1) is 14.8. The number of cyclic esters (lactones) is 1. The predicted octanol–water partition coefficient (Wildman–Crippen LogP) is 1.36. The molecule has 0 bridgehead atoms. The number of unbranched alkanes of at least 4 members (excludes halogenated alkanes) is 3. The summed E-state index contributed by atoms with van der Waals surface area (Å²) in [5.41, 5.74) is 0. The van der Waals surface area contributed by atoms with Crippen molar-refractivity contribution in [2.45, 2.75) is 57.2 Å². The first-order valence-electron chi connectivity index (χ1n) is 7.08. The van der Waals surface area contributed by atoms with Gasteiger partial charge in [-0.3, -0.25) is 14.4 Å². The topological polar surface area (TPSA) is 78.9 Å². The Balaban J connectivity index is 1.61. The summed E-state index contributed by atoms with van der Waals surface area (Å²) in [5.74, 6) is -1.20. The number of carbonyl (C=O) groups is 3. The fourth-order valence-corrected chi connectivity index (χ4v) is 2.73. The highest BCUT2D eigenvalue weighted by Crippen LogP contribution is 2.35. The van der Waals surface area contributed by atoms with Gasteiger partial charge in [-0.25, -0.2) is 0 Å². The molecule has 2 aliphatic heterocycles. The molecule has 2 saturated heterocycles. The Morgan fingerprint density at radius 2 is 1.95 bits per heavy atom. The van der Waals surface area contributed by atoms with Crippen molar-refractivity contribution in [1.82, 2.24) is 0 Å². The van der Waals surface area contributed by atoms with E-state index in [1.54, 1.807) is 0 Å². The number of rotatable bonds is 7. The minimum Gasteiger partial charge on any atom is -0.469 e. The summed E-state index contributed by atoms with van der Waals surface area (Å²) >= 11 is 0. The van der Waals surface area contributed by atoms with Crippen LogP contribution in [-0.4, -0.2) is 37.2 Å². The van der Waals surface area contributed by atoms with Gasteiger partial charge < -0.3 is 14.2 Å². The molecule has 112 valence electrons. The number of ether oxygens (including phenoxy) is 3. The summed E-state index contributed by atoms with van der Waals surface area (Å²) in [6, 6.07) is 0. The third-order valence-corrected chi connectivity index (χ3v) is 3.83. The van der Waals surface area contributed by atoms with Gasteiger partial charge in [0.25, 0.3) is 0 Å². The maximum absolute atomic E-state index is 11.5. The smallest absolute Gasteiger partial charge is 0.313 e. The van der Waals surface area contributed by atoms with Crippen molar-refractivity contribution < 1.29 is 28.6 Å². The number of hydrogen-bond acceptors (Lipinski definition) is 6. The molecule has 6 nitrogen and oxygen atoms in total. The average molecular weight is 284 g/mol. The van der Waals surface area contributed by atoms with Gasteiger partial charge in [0.2, 0.25) is 0 Å². The lowest BCUT2D eigenvalue weighted by atomic mass is 9.97. The predicted molar refractivity (Wildman–Crippen MR) is 67.6 cm³/mol. The van der Waals surface area contributed by atoms with E-state index in [1.165, 1.54) is 7.11 Å². The SMILES string of the molecule is COC(=O)CCCCCC[C@H]1OC(=O)[C@H]2CC(=O)O[C@H]21. The summed E-state index contributed by atoms with van der Waals surface area (Å²) < 4.78 is 15.0. The van der Waals surface area contributed by atoms with Crippen molar-refractivity contribution in [1.29, 1.82) is 0 Å². The summed E-state index contributed by atoms with van der Waals surface area (Å²) in [6.45, 7) is 0. The molecular weight excluding hydrogens is 264 g/mol. The second-order valence-electron chi connectivity index (χ2n) is 5.27. The summed E-state index contributed by atoms with van der Waals surface area (Å²) in [5, 5.41) is 0. The van der Waals surface area contributed by atoms with Crippen molar-refractivity contribution in [2.24, 2.45) is 5.92 Å². The highest BCUT2D eigenvalue weighted by atomic mass is 16.6. The van der Waals surface area contributed by atoms with Crippen LogP contribution in [-0.2, 0) is 28.6 Å². The van der Waals surface area contributed by atoms with Gasteiger partial charge >= 0.3 is 17.9 Å². The first-order chi connectivity index (χ1) is 9.61. The monoisotopic (exact) mass is 284 g/mol. The molecular formula is C14H20O6. The van der Waals surface area contributed by atoms with Crippen molar-refractivity contribution in [3.63, 3.8) is 0 Å². The number of carbonyl (C=O) groups excluding carboxylic acids is 3. The fourth-order valence-electron chi connectivity index (χ4n) is 2.73. The van der Waals surface area contributed by atoms with Crippen LogP contribution in [0.25, 0.3) is 0 Å². The molecule has 2 rings (SSSR count). The molecule has 0 aromatic heterocycles. The Labute approximate surface area is 117 Å². The molecule has 0 unspecified atom stereocenters. The van der Waals surface area contributed by atoms with Crippen molar-refractivity contribution in [2.75, 3.05) is 7.11 Å². The van der Waals surface area contributed by atoms with E-state index in [0.717, 1.165) is 25.7 Å². The minimum absolute atomic E-state index is 0.152. The van der Waals surface area contributed by atoms with Crippen LogP contribution in [0.3, 0.4) is 0 Å². The number of esters is 3. The van der Waals surface area contributed by atoms with Crippen LogP contribution in [0.15, 0.2) is 0 Å². The van der Waals surface area contributed by atoms with E-state index < -0.39 is 5.92 Å². The van der Waals surface area contributed by atoms with Crippen molar-refractivity contribution >= 4 is 17.9 Å². The van der Waals surface area contributed by atoms with Crippen LogP contribution in [0.5, 0.6) is 0 Å². The van der Waals surface area contributed by atoms with Crippen LogP contribution in [0.2, 0.25) is 0 Å². The second-order valence-corrected chi connectivity index (χ2v) is 5.27. The Hall–Kier alpha value is -1.59. The highest BCUT2D eigenvalue weighted by molar-refractivity contribution is 5.85. The van der Waals surface area contributed by atoms with Gasteiger partial charge in [0.05, 0.1) is 13.5 Å². The largest absolute Gasteiger partial charge is 0.469 e. The Kier molecular flexibility index (Phi) is 4.98. The molecule has 0 radical (unpaired) electrons. The molecule has 2 fully saturated rings. The molecule has 0 N–H and O–H groups in total. The van der Waals surface area contributed by atoms with Gasteiger partial charge in [-0.1, -0.05) is 12.8 Å². The molecule has 3 atom stereocenters. The van der Waals surface area contributed by atoms with Gasteiger partial charge in [0, 0.05) is 6.42 Å². The number of fused-ring (bicyclic) bond motifs is 1. The zero-order valence-corrected chi connectivity index (χ0v) is 11.6. The summed E-state index contributed by atoms with van der Waals surface area (Å²) in [7, 11) is 1.39. The Bertz CT molecular complexity index is 391. The van der Waals surface area contributed by atoms with Gasteiger partial charge in [-0.2, -0.15) is 0 Å². The molecule has 2 aliphatic rings. The molecule has 6 heteroatoms. The lowest BCUT2D eigenvalue weighted by molar-refractivity contribution is -0.152. The van der Waals surface area contributed by atoms with Crippen LogP contribution in [0, 0.1) is 5.92 Å². The van der Waals surface area contributed by atoms with E-state index >= 15 is 0 Å². The minimum atomic E-state index is -0.396. The van der Waals surface area contributed by atoms with Crippen molar-refractivity contribution in [3.05, 3.63) is 0 Å². The molecule has 2 heterocycles. The molecule has 0 amide bonds. The molecule has 20 heavy (non-hydrogen) atoms. The number of methoxy groups -OCH3 is 1. The second kappa shape index (κ2) is 6.72. The fraction of sp³-hybridized carbons (Fsp3) is 0.786. The number of hydrogen-bond donors (Lipinski definition) is 0. The first-order valence-corrected chi connectivity index (χ1v) is 7.08. The lowest BCUT2D eigenvalue weighted by Crippen LogP contribution is -2.24. The summed E-state index contributed by atoms with van der Waals surface area (Å²) in [6.07, 6.45) is 4.21. The zero-order chi connectivity index (χ0) is 14.5. The van der Waals surface area contributed by atoms with Gasteiger partial charge in [0.1, 0.15) is 12.0 Å². The molecule has 0 saturated carbocycles. The van der Waals surface area contributed by atoms with Crippen LogP contribution in [0.4, 0.5) is 0 Å². The van der Waals surface area contributed by atoms with E-state index in [-0.39, 0.29) is 36.5 Å². The van der Waals surface area contributed by atoms with E-state index in [1.807, 2.05) is 0 Å². The van der Waals surface area contributed by atoms with Crippen LogP contribution in [0.1, 0.15) is 44.9 Å². The standard InChI is InChI=1S/C14H20O6/c1-18-11(15)7-5-3-2-4-6-10-13-9(14(17)19-10)8-12(16)20-13/h9-10,13H,2-8H2,1H3/t9-,10+,13+/m0/s1. The maximum atomic E-state index is 11.5. The molecule has 0 spiro atoms. The van der Waals surface area contributed by atoms with E-state index in [4.69, 9.17) is 9.47 Å². The zero-order valence-electron chi connectivity index (χ0n) is 11.6. The highest BCUT2D eigenvalue weighted by Gasteiger charge is 2.52. The van der Waals surface area contributed by atoms with E-state index in [0.29, 0.717) is 12.8 Å².